The van der Waals surface area contributed by atoms with Crippen molar-refractivity contribution in [1.29, 1.82) is 0 Å². The average Bonchev–Trinajstić information content (AvgIpc) is 2.81. The van der Waals surface area contributed by atoms with Crippen LogP contribution in [0, 0.1) is 0 Å². The number of hydrogen-bond acceptors (Lipinski definition) is 3. The van der Waals surface area contributed by atoms with E-state index < -0.39 is 11.6 Å². The monoisotopic (exact) mass is 241 g/mol. The van der Waals surface area contributed by atoms with E-state index in [1.165, 1.54) is 0 Å². The Labute approximate surface area is 103 Å². The summed E-state index contributed by atoms with van der Waals surface area (Å²) in [6.07, 6.45) is 2.13. The lowest BCUT2D eigenvalue weighted by atomic mass is 10.0. The smallest absolute Gasteiger partial charge is 0.244 e. The van der Waals surface area contributed by atoms with Gasteiger partial charge in [0.05, 0.1) is 5.54 Å². The highest BCUT2D eigenvalue weighted by molar-refractivity contribution is 5.91. The Kier molecular flexibility index (Phi) is 4.51. The lowest BCUT2D eigenvalue weighted by Gasteiger charge is -2.27. The Morgan fingerprint density at radius 3 is 2.24 bits per heavy atom. The van der Waals surface area contributed by atoms with Crippen molar-refractivity contribution in [1.82, 2.24) is 15.5 Å². The van der Waals surface area contributed by atoms with Gasteiger partial charge in [-0.1, -0.05) is 0 Å². The van der Waals surface area contributed by atoms with Crippen molar-refractivity contribution in [2.75, 3.05) is 20.1 Å². The van der Waals surface area contributed by atoms with Crippen molar-refractivity contribution >= 4 is 11.8 Å². The van der Waals surface area contributed by atoms with Gasteiger partial charge in [-0.15, -0.1) is 0 Å². The molecule has 1 aliphatic heterocycles. The van der Waals surface area contributed by atoms with Gasteiger partial charge in [0.15, 0.2) is 0 Å². The van der Waals surface area contributed by atoms with Crippen molar-refractivity contribution < 1.29 is 9.59 Å². The van der Waals surface area contributed by atoms with Crippen LogP contribution in [0.3, 0.4) is 0 Å². The zero-order valence-electron chi connectivity index (χ0n) is 11.2. The van der Waals surface area contributed by atoms with Crippen molar-refractivity contribution in [2.24, 2.45) is 0 Å². The Bertz CT molecular complexity index is 296. The first-order chi connectivity index (χ1) is 7.88. The van der Waals surface area contributed by atoms with Crippen LogP contribution in [0.25, 0.3) is 0 Å². The molecule has 5 heteroatoms. The highest BCUT2D eigenvalue weighted by Gasteiger charge is 2.30. The summed E-state index contributed by atoms with van der Waals surface area (Å²) in [5.74, 6) is -0.136. The Morgan fingerprint density at radius 1 is 1.24 bits per heavy atom. The Morgan fingerprint density at radius 2 is 1.76 bits per heavy atom. The fraction of sp³-hybridized carbons (Fsp3) is 0.833. The second-order valence-electron chi connectivity index (χ2n) is 5.10. The third-order valence-corrected chi connectivity index (χ3v) is 3.33. The third-order valence-electron chi connectivity index (χ3n) is 3.33. The molecule has 98 valence electrons. The number of nitrogens with zero attached hydrogens (tertiary/aromatic N) is 1. The molecule has 0 aromatic carbocycles. The van der Waals surface area contributed by atoms with E-state index in [1.807, 2.05) is 4.90 Å². The predicted molar refractivity (Wildman–Crippen MR) is 66.6 cm³/mol. The quantitative estimate of drug-likeness (QED) is 0.734. The van der Waals surface area contributed by atoms with E-state index in [0.717, 1.165) is 25.9 Å². The molecular weight excluding hydrogens is 218 g/mol. The van der Waals surface area contributed by atoms with E-state index >= 15 is 0 Å². The van der Waals surface area contributed by atoms with E-state index in [0.29, 0.717) is 0 Å². The van der Waals surface area contributed by atoms with E-state index in [9.17, 15) is 9.59 Å². The lowest BCUT2D eigenvalue weighted by molar-refractivity contribution is -0.136. The summed E-state index contributed by atoms with van der Waals surface area (Å²) in [7, 11) is 1.73. The van der Waals surface area contributed by atoms with Crippen LogP contribution >= 0.6 is 0 Å². The number of amides is 2. The minimum absolute atomic E-state index is 0.0164. The molecule has 1 rings (SSSR count). The van der Waals surface area contributed by atoms with Gasteiger partial charge in [-0.25, -0.2) is 0 Å². The zero-order valence-corrected chi connectivity index (χ0v) is 11.2. The maximum atomic E-state index is 12.0. The van der Waals surface area contributed by atoms with Crippen LogP contribution in [0.15, 0.2) is 0 Å². The minimum Gasteiger partial charge on any atom is -0.343 e. The van der Waals surface area contributed by atoms with Crippen molar-refractivity contribution in [3.8, 4) is 0 Å². The summed E-state index contributed by atoms with van der Waals surface area (Å²) in [5.41, 5.74) is -0.653. The summed E-state index contributed by atoms with van der Waals surface area (Å²) in [4.78, 5) is 25.7. The second-order valence-corrected chi connectivity index (χ2v) is 5.10. The average molecular weight is 241 g/mol. The minimum atomic E-state index is -0.653. The lowest BCUT2D eigenvalue weighted by Crippen LogP contribution is -2.56. The van der Waals surface area contributed by atoms with Gasteiger partial charge in [0, 0.05) is 13.1 Å². The van der Waals surface area contributed by atoms with Crippen LogP contribution in [0.2, 0.25) is 0 Å². The molecule has 17 heavy (non-hydrogen) atoms. The van der Waals surface area contributed by atoms with Crippen LogP contribution in [-0.2, 0) is 9.59 Å². The molecule has 1 atom stereocenters. The van der Waals surface area contributed by atoms with Gasteiger partial charge < -0.3 is 15.5 Å². The molecular formula is C12H23N3O2. The summed E-state index contributed by atoms with van der Waals surface area (Å²) in [6.45, 7) is 6.94. The topological polar surface area (TPSA) is 61.4 Å². The van der Waals surface area contributed by atoms with Crippen LogP contribution in [0.5, 0.6) is 0 Å². The molecule has 0 aliphatic carbocycles. The molecule has 0 bridgehead atoms. The Hall–Kier alpha value is -1.10. The number of likely N-dealkylation sites (N-methyl/N-ethyl adjacent to an activating group) is 1. The second kappa shape index (κ2) is 5.49. The molecule has 1 fully saturated rings. The van der Waals surface area contributed by atoms with Crippen molar-refractivity contribution in [2.45, 2.75) is 45.2 Å². The van der Waals surface area contributed by atoms with Crippen LogP contribution in [0.1, 0.15) is 33.6 Å². The van der Waals surface area contributed by atoms with E-state index in [1.54, 1.807) is 27.8 Å². The van der Waals surface area contributed by atoms with Gasteiger partial charge in [-0.05, 0) is 40.7 Å². The number of carbonyl (C=O) groups excluding carboxylic acids is 2. The van der Waals surface area contributed by atoms with Gasteiger partial charge in [-0.3, -0.25) is 9.59 Å². The molecule has 2 N–H and O–H groups in total. The number of carbonyl (C=O) groups is 2. The first-order valence-electron chi connectivity index (χ1n) is 6.17. The first kappa shape index (κ1) is 14.0. The van der Waals surface area contributed by atoms with Crippen LogP contribution in [-0.4, -0.2) is 48.4 Å². The van der Waals surface area contributed by atoms with Gasteiger partial charge in [0.2, 0.25) is 11.8 Å². The molecule has 0 radical (unpaired) electrons. The number of nitrogens with one attached hydrogen (secondary N) is 2. The normalized spacial score (nSPS) is 18.0. The molecule has 0 saturated carbocycles. The number of likely N-dealkylation sites (tertiary alicyclic amines) is 1. The molecule has 5 nitrogen and oxygen atoms in total. The van der Waals surface area contributed by atoms with Crippen LogP contribution < -0.4 is 10.6 Å². The summed E-state index contributed by atoms with van der Waals surface area (Å²) >= 11 is 0. The molecule has 1 unspecified atom stereocenters. The SMILES string of the molecule is CNC(C)(C)C(=O)NC(C)C(=O)N1CCCC1. The van der Waals surface area contributed by atoms with E-state index in [2.05, 4.69) is 10.6 Å². The molecule has 0 aromatic rings. The van der Waals surface area contributed by atoms with Gasteiger partial charge in [-0.2, -0.15) is 0 Å². The number of rotatable bonds is 4. The molecule has 0 aromatic heterocycles. The highest BCUT2D eigenvalue weighted by Crippen LogP contribution is 2.09. The Balaban J connectivity index is 2.51. The molecule has 0 spiro atoms. The molecule has 1 saturated heterocycles. The molecule has 1 aliphatic rings. The largest absolute Gasteiger partial charge is 0.343 e. The van der Waals surface area contributed by atoms with Crippen molar-refractivity contribution in [3.63, 3.8) is 0 Å². The fourth-order valence-electron chi connectivity index (χ4n) is 1.76. The molecule has 2 amide bonds. The van der Waals surface area contributed by atoms with E-state index in [4.69, 9.17) is 0 Å². The van der Waals surface area contributed by atoms with Crippen LogP contribution in [0.4, 0.5) is 0 Å². The summed E-state index contributed by atoms with van der Waals surface area (Å²) < 4.78 is 0. The van der Waals surface area contributed by atoms with Gasteiger partial charge in [0.25, 0.3) is 0 Å². The molecule has 1 heterocycles. The fourth-order valence-corrected chi connectivity index (χ4v) is 1.76. The predicted octanol–water partition coefficient (Wildman–Crippen LogP) is 0.112. The standard InChI is InChI=1S/C12H23N3O2/c1-9(10(16)15-7-5-6-8-15)14-11(17)12(2,3)13-4/h9,13H,5-8H2,1-4H3,(H,14,17). The third kappa shape index (κ3) is 3.43. The summed E-state index contributed by atoms with van der Waals surface area (Å²) in [6, 6.07) is -0.451. The maximum Gasteiger partial charge on any atom is 0.244 e. The highest BCUT2D eigenvalue weighted by atomic mass is 16.2. The van der Waals surface area contributed by atoms with E-state index in [-0.39, 0.29) is 11.8 Å². The maximum absolute atomic E-state index is 12.0. The van der Waals surface area contributed by atoms with Crippen molar-refractivity contribution in [3.05, 3.63) is 0 Å². The van der Waals surface area contributed by atoms with Gasteiger partial charge >= 0.3 is 0 Å². The van der Waals surface area contributed by atoms with Gasteiger partial charge in [0.1, 0.15) is 6.04 Å². The number of hydrogen-bond donors (Lipinski definition) is 2. The summed E-state index contributed by atoms with van der Waals surface area (Å²) in [5, 5.41) is 5.67. The zero-order chi connectivity index (χ0) is 13.1. The first-order valence-corrected chi connectivity index (χ1v) is 6.17.